The second-order valence-electron chi connectivity index (χ2n) is 7.27. The van der Waals surface area contributed by atoms with E-state index in [2.05, 4.69) is 5.32 Å². The highest BCUT2D eigenvalue weighted by molar-refractivity contribution is 5.94. The Balaban J connectivity index is 1.41. The van der Waals surface area contributed by atoms with E-state index in [1.54, 1.807) is 42.5 Å². The predicted octanol–water partition coefficient (Wildman–Crippen LogP) is 4.62. The Kier molecular flexibility index (Phi) is 9.80. The minimum atomic E-state index is -0.669. The van der Waals surface area contributed by atoms with Crippen molar-refractivity contribution in [3.63, 3.8) is 0 Å². The summed E-state index contributed by atoms with van der Waals surface area (Å²) >= 11 is 0. The van der Waals surface area contributed by atoms with Crippen molar-refractivity contribution in [3.05, 3.63) is 78.4 Å². The Bertz CT molecular complexity index is 1080. The fourth-order valence-electron chi connectivity index (χ4n) is 3.03. The minimum absolute atomic E-state index is 0.332. The van der Waals surface area contributed by atoms with E-state index < -0.39 is 18.5 Å². The molecule has 0 unspecified atom stereocenters. The first-order valence-corrected chi connectivity index (χ1v) is 11.3. The van der Waals surface area contributed by atoms with Crippen molar-refractivity contribution < 1.29 is 33.3 Å². The van der Waals surface area contributed by atoms with Crippen molar-refractivity contribution in [1.82, 2.24) is 0 Å². The van der Waals surface area contributed by atoms with E-state index in [9.17, 15) is 9.59 Å². The molecule has 1 amide bonds. The lowest BCUT2D eigenvalue weighted by atomic mass is 10.2. The molecule has 0 atom stereocenters. The van der Waals surface area contributed by atoms with E-state index in [0.717, 1.165) is 5.56 Å². The van der Waals surface area contributed by atoms with Gasteiger partial charge in [-0.1, -0.05) is 30.3 Å². The zero-order chi connectivity index (χ0) is 24.9. The molecule has 3 aromatic rings. The van der Waals surface area contributed by atoms with Crippen LogP contribution in [-0.4, -0.2) is 38.3 Å². The Morgan fingerprint density at radius 2 is 1.37 bits per heavy atom. The van der Waals surface area contributed by atoms with Crippen molar-refractivity contribution in [2.24, 2.45) is 0 Å². The fraction of sp³-hybridized carbons (Fsp3) is 0.259. The summed E-state index contributed by atoms with van der Waals surface area (Å²) in [7, 11) is 0. The smallest absolute Gasteiger partial charge is 0.344 e. The number of carbonyl (C=O) groups is 2. The number of anilines is 1. The van der Waals surface area contributed by atoms with E-state index in [0.29, 0.717) is 48.5 Å². The maximum absolute atomic E-state index is 12.3. The number of rotatable bonds is 13. The molecule has 0 aliphatic carbocycles. The van der Waals surface area contributed by atoms with Gasteiger partial charge in [0.1, 0.15) is 29.6 Å². The molecule has 184 valence electrons. The summed E-state index contributed by atoms with van der Waals surface area (Å²) in [6.45, 7) is 4.29. The van der Waals surface area contributed by atoms with E-state index in [1.807, 2.05) is 44.2 Å². The first kappa shape index (κ1) is 25.4. The summed E-state index contributed by atoms with van der Waals surface area (Å²) < 4.78 is 27.1. The lowest BCUT2D eigenvalue weighted by molar-refractivity contribution is -0.149. The average molecular weight is 480 g/mol. The number of benzene rings is 3. The number of nitrogens with one attached hydrogen (secondary N) is 1. The molecule has 0 aliphatic heterocycles. The monoisotopic (exact) mass is 479 g/mol. The third kappa shape index (κ3) is 8.58. The van der Waals surface area contributed by atoms with Crippen molar-refractivity contribution in [2.75, 3.05) is 31.7 Å². The first-order chi connectivity index (χ1) is 17.1. The van der Waals surface area contributed by atoms with Crippen molar-refractivity contribution in [3.8, 4) is 23.0 Å². The highest BCUT2D eigenvalue weighted by Crippen LogP contribution is 2.29. The van der Waals surface area contributed by atoms with Gasteiger partial charge in [0, 0.05) is 6.07 Å². The lowest BCUT2D eigenvalue weighted by Crippen LogP contribution is -2.24. The molecule has 3 rings (SSSR count). The molecule has 1 N–H and O–H groups in total. The van der Waals surface area contributed by atoms with Gasteiger partial charge in [0.05, 0.1) is 18.9 Å². The maximum Gasteiger partial charge on any atom is 0.344 e. The molecular weight excluding hydrogens is 450 g/mol. The zero-order valence-corrected chi connectivity index (χ0v) is 19.8. The molecule has 8 heteroatoms. The highest BCUT2D eigenvalue weighted by Gasteiger charge is 2.13. The molecule has 0 aliphatic rings. The van der Waals surface area contributed by atoms with Gasteiger partial charge >= 0.3 is 5.97 Å². The van der Waals surface area contributed by atoms with Gasteiger partial charge in [0.2, 0.25) is 0 Å². The molecule has 3 aromatic carbocycles. The zero-order valence-electron chi connectivity index (χ0n) is 19.8. The summed E-state index contributed by atoms with van der Waals surface area (Å²) in [5.74, 6) is 1.07. The van der Waals surface area contributed by atoms with Crippen LogP contribution in [0.15, 0.2) is 72.8 Å². The molecule has 0 bridgehead atoms. The van der Waals surface area contributed by atoms with Crippen molar-refractivity contribution in [2.45, 2.75) is 20.5 Å². The second kappa shape index (κ2) is 13.5. The Morgan fingerprint density at radius 3 is 2.06 bits per heavy atom. The molecule has 0 saturated carbocycles. The molecule has 0 fully saturated rings. The Morgan fingerprint density at radius 1 is 0.714 bits per heavy atom. The number of amides is 1. The van der Waals surface area contributed by atoms with Crippen LogP contribution < -0.4 is 24.3 Å². The highest BCUT2D eigenvalue weighted by atomic mass is 16.6. The standard InChI is InChI=1S/C27H29NO7/c1-3-31-23-14-15-25(32-4-2)24(16-23)28-26(29)18-35-27(30)19-34-22-12-10-21(11-13-22)33-17-20-8-6-5-7-9-20/h5-16H,3-4,17-19H2,1-2H3,(H,28,29). The largest absolute Gasteiger partial charge is 0.494 e. The molecule has 35 heavy (non-hydrogen) atoms. The predicted molar refractivity (Wildman–Crippen MR) is 131 cm³/mol. The van der Waals surface area contributed by atoms with Crippen LogP contribution in [-0.2, 0) is 20.9 Å². The Hall–Kier alpha value is -4.20. The quantitative estimate of drug-likeness (QED) is 0.358. The van der Waals surface area contributed by atoms with Crippen LogP contribution in [0.2, 0.25) is 0 Å². The number of esters is 1. The van der Waals surface area contributed by atoms with Crippen molar-refractivity contribution >= 4 is 17.6 Å². The molecule has 0 saturated heterocycles. The van der Waals surface area contributed by atoms with Crippen molar-refractivity contribution in [1.29, 1.82) is 0 Å². The van der Waals surface area contributed by atoms with Gasteiger partial charge in [-0.3, -0.25) is 4.79 Å². The maximum atomic E-state index is 12.3. The fourth-order valence-corrected chi connectivity index (χ4v) is 3.03. The topological polar surface area (TPSA) is 92.3 Å². The van der Waals surface area contributed by atoms with Gasteiger partial charge in [0.25, 0.3) is 5.91 Å². The van der Waals surface area contributed by atoms with Crippen LogP contribution in [0.1, 0.15) is 19.4 Å². The summed E-state index contributed by atoms with van der Waals surface area (Å²) in [6, 6.07) is 21.9. The molecule has 8 nitrogen and oxygen atoms in total. The third-order valence-electron chi connectivity index (χ3n) is 4.63. The van der Waals surface area contributed by atoms with Gasteiger partial charge in [-0.25, -0.2) is 4.79 Å². The van der Waals surface area contributed by atoms with E-state index in [4.69, 9.17) is 23.7 Å². The second-order valence-corrected chi connectivity index (χ2v) is 7.27. The van der Waals surface area contributed by atoms with Gasteiger partial charge in [-0.15, -0.1) is 0 Å². The number of hydrogen-bond acceptors (Lipinski definition) is 7. The van der Waals surface area contributed by atoms with Gasteiger partial charge < -0.3 is 29.0 Å². The van der Waals surface area contributed by atoms with E-state index in [1.165, 1.54) is 0 Å². The number of carbonyl (C=O) groups excluding carboxylic acids is 2. The van der Waals surface area contributed by atoms with Crippen LogP contribution in [0.25, 0.3) is 0 Å². The minimum Gasteiger partial charge on any atom is -0.494 e. The summed E-state index contributed by atoms with van der Waals surface area (Å²) in [6.07, 6.45) is 0. The molecule has 0 radical (unpaired) electrons. The van der Waals surface area contributed by atoms with Crippen LogP contribution in [0.4, 0.5) is 5.69 Å². The van der Waals surface area contributed by atoms with E-state index in [-0.39, 0.29) is 6.61 Å². The molecular formula is C27H29NO7. The average Bonchev–Trinajstić information content (AvgIpc) is 2.88. The van der Waals surface area contributed by atoms with E-state index >= 15 is 0 Å². The van der Waals surface area contributed by atoms with Crippen LogP contribution in [0, 0.1) is 0 Å². The number of hydrogen-bond donors (Lipinski definition) is 1. The van der Waals surface area contributed by atoms with Crippen LogP contribution in [0.3, 0.4) is 0 Å². The normalized spacial score (nSPS) is 10.2. The van der Waals surface area contributed by atoms with Gasteiger partial charge in [0.15, 0.2) is 13.2 Å². The summed E-state index contributed by atoms with van der Waals surface area (Å²) in [5.41, 5.74) is 1.50. The van der Waals surface area contributed by atoms with Crippen LogP contribution >= 0.6 is 0 Å². The summed E-state index contributed by atoms with van der Waals surface area (Å²) in [5, 5.41) is 2.68. The van der Waals surface area contributed by atoms with Crippen LogP contribution in [0.5, 0.6) is 23.0 Å². The first-order valence-electron chi connectivity index (χ1n) is 11.3. The molecule has 0 aromatic heterocycles. The van der Waals surface area contributed by atoms with Gasteiger partial charge in [-0.2, -0.15) is 0 Å². The van der Waals surface area contributed by atoms with Gasteiger partial charge in [-0.05, 0) is 55.8 Å². The summed E-state index contributed by atoms with van der Waals surface area (Å²) in [4.78, 5) is 24.3. The Labute approximate surface area is 204 Å². The molecule has 0 heterocycles. The SMILES string of the molecule is CCOc1ccc(OCC)c(NC(=O)COC(=O)COc2ccc(OCc3ccccc3)cc2)c1. The molecule has 0 spiro atoms. The third-order valence-corrected chi connectivity index (χ3v) is 4.63. The lowest BCUT2D eigenvalue weighted by Gasteiger charge is -2.13. The number of ether oxygens (including phenoxy) is 5.